The molecule has 3 rings (SSSR count). The van der Waals surface area contributed by atoms with Gasteiger partial charge in [0.15, 0.2) is 5.11 Å². The van der Waals surface area contributed by atoms with Crippen molar-refractivity contribution < 1.29 is 4.39 Å². The largest absolute Gasteiger partial charge is 0.358 e. The van der Waals surface area contributed by atoms with Gasteiger partial charge < -0.3 is 10.6 Å². The number of halogens is 2. The second kappa shape index (κ2) is 8.61. The van der Waals surface area contributed by atoms with Gasteiger partial charge in [0.25, 0.3) is 0 Å². The van der Waals surface area contributed by atoms with Crippen LogP contribution in [0.2, 0.25) is 5.02 Å². The van der Waals surface area contributed by atoms with E-state index in [0.29, 0.717) is 17.3 Å². The lowest BCUT2D eigenvalue weighted by atomic mass is 10.1. The van der Waals surface area contributed by atoms with Crippen LogP contribution in [-0.2, 0) is 13.1 Å². The van der Waals surface area contributed by atoms with Gasteiger partial charge in [0, 0.05) is 18.8 Å². The molecule has 3 nitrogen and oxygen atoms in total. The lowest BCUT2D eigenvalue weighted by Crippen LogP contribution is -2.29. The van der Waals surface area contributed by atoms with Crippen molar-refractivity contribution in [2.24, 2.45) is 0 Å². The first-order valence-electron chi connectivity index (χ1n) is 8.41. The zero-order valence-corrected chi connectivity index (χ0v) is 15.5. The lowest BCUT2D eigenvalue weighted by molar-refractivity contribution is 0.330. The van der Waals surface area contributed by atoms with E-state index in [-0.39, 0.29) is 5.02 Å². The third-order valence-corrected chi connectivity index (χ3v) is 4.86. The summed E-state index contributed by atoms with van der Waals surface area (Å²) in [5.74, 6) is -0.443. The first-order valence-corrected chi connectivity index (χ1v) is 9.19. The highest BCUT2D eigenvalue weighted by Gasteiger charge is 2.13. The molecule has 0 aromatic heterocycles. The second-order valence-electron chi connectivity index (χ2n) is 6.19. The van der Waals surface area contributed by atoms with Crippen LogP contribution in [0.1, 0.15) is 24.0 Å². The fourth-order valence-electron chi connectivity index (χ4n) is 2.99. The molecule has 0 spiro atoms. The van der Waals surface area contributed by atoms with Gasteiger partial charge in [-0.15, -0.1) is 0 Å². The van der Waals surface area contributed by atoms with Crippen LogP contribution in [-0.4, -0.2) is 23.1 Å². The summed E-state index contributed by atoms with van der Waals surface area (Å²) in [6.45, 7) is 3.97. The van der Waals surface area contributed by atoms with Gasteiger partial charge in [-0.1, -0.05) is 35.9 Å². The standard InChI is InChI=1S/C19H21ClFN3S/c20-17-11-16(7-8-18(17)21)23-19(25)22-12-14-5-1-2-6-15(14)13-24-9-3-4-10-24/h1-2,5-8,11H,3-4,9-10,12-13H2,(H2,22,23,25). The van der Waals surface area contributed by atoms with E-state index >= 15 is 0 Å². The van der Waals surface area contributed by atoms with Crippen molar-refractivity contribution in [3.05, 3.63) is 64.4 Å². The maximum atomic E-state index is 13.2. The van der Waals surface area contributed by atoms with Gasteiger partial charge in [-0.3, -0.25) is 4.90 Å². The van der Waals surface area contributed by atoms with Crippen LogP contribution in [0.15, 0.2) is 42.5 Å². The Balaban J connectivity index is 1.57. The smallest absolute Gasteiger partial charge is 0.171 e. The molecular formula is C19H21ClFN3S. The van der Waals surface area contributed by atoms with Crippen molar-refractivity contribution >= 4 is 34.6 Å². The zero-order valence-electron chi connectivity index (χ0n) is 13.9. The van der Waals surface area contributed by atoms with E-state index in [0.717, 1.165) is 6.54 Å². The van der Waals surface area contributed by atoms with Crippen molar-refractivity contribution in [1.82, 2.24) is 10.2 Å². The summed E-state index contributed by atoms with van der Waals surface area (Å²) < 4.78 is 13.2. The average Bonchev–Trinajstić information content (AvgIpc) is 3.10. The Morgan fingerprint density at radius 3 is 2.56 bits per heavy atom. The summed E-state index contributed by atoms with van der Waals surface area (Å²) >= 11 is 11.1. The highest BCUT2D eigenvalue weighted by molar-refractivity contribution is 7.80. The monoisotopic (exact) mass is 377 g/mol. The molecule has 0 unspecified atom stereocenters. The van der Waals surface area contributed by atoms with E-state index in [9.17, 15) is 4.39 Å². The Morgan fingerprint density at radius 2 is 1.84 bits per heavy atom. The Bertz CT molecular complexity index is 747. The van der Waals surface area contributed by atoms with E-state index < -0.39 is 5.82 Å². The van der Waals surface area contributed by atoms with E-state index in [1.807, 2.05) is 6.07 Å². The summed E-state index contributed by atoms with van der Waals surface area (Å²) in [5, 5.41) is 6.80. The first-order chi connectivity index (χ1) is 12.1. The molecule has 0 radical (unpaired) electrons. The SMILES string of the molecule is Fc1ccc(NC(=S)NCc2ccccc2CN2CCCC2)cc1Cl. The quantitative estimate of drug-likeness (QED) is 0.747. The number of hydrogen-bond acceptors (Lipinski definition) is 2. The molecule has 0 aliphatic carbocycles. The van der Waals surface area contributed by atoms with Crippen molar-refractivity contribution in [3.8, 4) is 0 Å². The van der Waals surface area contributed by atoms with Crippen LogP contribution < -0.4 is 10.6 Å². The second-order valence-corrected chi connectivity index (χ2v) is 7.00. The molecule has 0 amide bonds. The maximum absolute atomic E-state index is 13.2. The van der Waals surface area contributed by atoms with Crippen molar-refractivity contribution in [2.45, 2.75) is 25.9 Å². The van der Waals surface area contributed by atoms with Crippen LogP contribution >= 0.6 is 23.8 Å². The maximum Gasteiger partial charge on any atom is 0.171 e. The fraction of sp³-hybridized carbons (Fsp3) is 0.316. The first kappa shape index (κ1) is 18.1. The van der Waals surface area contributed by atoms with E-state index in [2.05, 4.69) is 33.7 Å². The number of hydrogen-bond donors (Lipinski definition) is 2. The molecule has 2 aromatic rings. The number of benzene rings is 2. The fourth-order valence-corrected chi connectivity index (χ4v) is 3.36. The third-order valence-electron chi connectivity index (χ3n) is 4.33. The Kier molecular flexibility index (Phi) is 6.24. The summed E-state index contributed by atoms with van der Waals surface area (Å²) in [4.78, 5) is 2.48. The molecule has 1 heterocycles. The molecule has 0 atom stereocenters. The summed E-state index contributed by atoms with van der Waals surface area (Å²) in [6.07, 6.45) is 2.57. The summed E-state index contributed by atoms with van der Waals surface area (Å²) in [5.41, 5.74) is 3.22. The number of thiocarbonyl (C=S) groups is 1. The van der Waals surface area contributed by atoms with Crippen LogP contribution in [0.5, 0.6) is 0 Å². The van der Waals surface area contributed by atoms with Crippen molar-refractivity contribution in [3.63, 3.8) is 0 Å². The highest BCUT2D eigenvalue weighted by Crippen LogP contribution is 2.19. The topological polar surface area (TPSA) is 27.3 Å². The van der Waals surface area contributed by atoms with Crippen molar-refractivity contribution in [1.29, 1.82) is 0 Å². The molecular weight excluding hydrogens is 357 g/mol. The van der Waals surface area contributed by atoms with Crippen LogP contribution in [0.3, 0.4) is 0 Å². The molecule has 1 fully saturated rings. The normalized spacial score (nSPS) is 14.5. The van der Waals surface area contributed by atoms with Gasteiger partial charge in [-0.2, -0.15) is 0 Å². The summed E-state index contributed by atoms with van der Waals surface area (Å²) in [6, 6.07) is 12.9. The van der Waals surface area contributed by atoms with Gasteiger partial charge in [0.2, 0.25) is 0 Å². The minimum Gasteiger partial charge on any atom is -0.358 e. The predicted octanol–water partition coefficient (Wildman–Crippen LogP) is 4.56. The minimum absolute atomic E-state index is 0.0729. The number of likely N-dealkylation sites (tertiary alicyclic amines) is 1. The summed E-state index contributed by atoms with van der Waals surface area (Å²) in [7, 11) is 0. The van der Waals surface area contributed by atoms with Gasteiger partial charge in [-0.25, -0.2) is 4.39 Å². The zero-order chi connectivity index (χ0) is 17.6. The third kappa shape index (κ3) is 5.14. The molecule has 1 saturated heterocycles. The Labute approximate surface area is 158 Å². The predicted molar refractivity (Wildman–Crippen MR) is 105 cm³/mol. The highest BCUT2D eigenvalue weighted by atomic mass is 35.5. The molecule has 25 heavy (non-hydrogen) atoms. The van der Waals surface area contributed by atoms with Gasteiger partial charge in [0.05, 0.1) is 5.02 Å². The van der Waals surface area contributed by atoms with Gasteiger partial charge in [-0.05, 0) is 67.5 Å². The Hall–Kier alpha value is -1.69. The van der Waals surface area contributed by atoms with E-state index in [1.165, 1.54) is 49.2 Å². The lowest BCUT2D eigenvalue weighted by Gasteiger charge is -2.18. The molecule has 1 aliphatic rings. The molecule has 2 N–H and O–H groups in total. The minimum atomic E-state index is -0.443. The van der Waals surface area contributed by atoms with Crippen molar-refractivity contribution in [2.75, 3.05) is 18.4 Å². The average molecular weight is 378 g/mol. The molecule has 1 aliphatic heterocycles. The number of anilines is 1. The molecule has 6 heteroatoms. The molecule has 0 bridgehead atoms. The number of nitrogens with zero attached hydrogens (tertiary/aromatic N) is 1. The molecule has 2 aromatic carbocycles. The molecule has 132 valence electrons. The Morgan fingerprint density at radius 1 is 1.12 bits per heavy atom. The van der Waals surface area contributed by atoms with Crippen LogP contribution in [0, 0.1) is 5.82 Å². The van der Waals surface area contributed by atoms with Gasteiger partial charge >= 0.3 is 0 Å². The van der Waals surface area contributed by atoms with Crippen LogP contribution in [0.4, 0.5) is 10.1 Å². The van der Waals surface area contributed by atoms with Gasteiger partial charge in [0.1, 0.15) is 5.82 Å². The van der Waals surface area contributed by atoms with E-state index in [1.54, 1.807) is 6.07 Å². The van der Waals surface area contributed by atoms with E-state index in [4.69, 9.17) is 23.8 Å². The molecule has 0 saturated carbocycles. The number of nitrogens with one attached hydrogen (secondary N) is 2. The van der Waals surface area contributed by atoms with Crippen LogP contribution in [0.25, 0.3) is 0 Å². The number of rotatable bonds is 5.